The van der Waals surface area contributed by atoms with Gasteiger partial charge in [0.25, 0.3) is 0 Å². The van der Waals surface area contributed by atoms with Gasteiger partial charge in [0.05, 0.1) is 22.6 Å². The summed E-state index contributed by atoms with van der Waals surface area (Å²) < 4.78 is 27.5. The topological polar surface area (TPSA) is 57.4 Å². The van der Waals surface area contributed by atoms with Gasteiger partial charge in [-0.1, -0.05) is 23.8 Å². The van der Waals surface area contributed by atoms with Gasteiger partial charge in [-0.3, -0.25) is 0 Å². The Hall–Kier alpha value is -1.17. The summed E-state index contributed by atoms with van der Waals surface area (Å²) >= 11 is 0. The molecule has 3 rings (SSSR count). The minimum atomic E-state index is -3.55. The van der Waals surface area contributed by atoms with E-state index in [1.54, 1.807) is 16.4 Å². The van der Waals surface area contributed by atoms with Crippen molar-refractivity contribution in [1.29, 1.82) is 0 Å². The quantitative estimate of drug-likeness (QED) is 0.670. The lowest BCUT2D eigenvalue weighted by atomic mass is 9.84. The van der Waals surface area contributed by atoms with Gasteiger partial charge in [-0.05, 0) is 51.2 Å². The summed E-state index contributed by atoms with van der Waals surface area (Å²) in [6.07, 6.45) is 5.15. The van der Waals surface area contributed by atoms with Gasteiger partial charge in [0.15, 0.2) is 0 Å². The normalized spacial score (nSPS) is 34.0. The second kappa shape index (κ2) is 5.48. The van der Waals surface area contributed by atoms with Crippen LogP contribution in [-0.2, 0) is 10.0 Å². The average molecular weight is 321 g/mol. The first-order chi connectivity index (χ1) is 10.4. The maximum atomic E-state index is 13.0. The van der Waals surface area contributed by atoms with Crippen LogP contribution in [0.15, 0.2) is 41.8 Å². The number of benzene rings is 1. The second-order valence-electron chi connectivity index (χ2n) is 6.45. The first-order valence-electron chi connectivity index (χ1n) is 7.84. The third kappa shape index (κ3) is 2.32. The second-order valence-corrected chi connectivity index (χ2v) is 8.26. The largest absolute Gasteiger partial charge is 0.391 e. The Morgan fingerprint density at radius 1 is 1.41 bits per heavy atom. The highest BCUT2D eigenvalue weighted by Gasteiger charge is 2.70. The predicted molar refractivity (Wildman–Crippen MR) is 86.0 cm³/mol. The van der Waals surface area contributed by atoms with Crippen molar-refractivity contribution >= 4 is 10.0 Å². The third-order valence-corrected chi connectivity index (χ3v) is 6.98. The molecule has 2 aliphatic rings. The molecule has 1 unspecified atom stereocenters. The van der Waals surface area contributed by atoms with Crippen molar-refractivity contribution in [2.24, 2.45) is 0 Å². The summed E-state index contributed by atoms with van der Waals surface area (Å²) in [7, 11) is -3.55. The van der Waals surface area contributed by atoms with E-state index in [1.165, 1.54) is 0 Å². The van der Waals surface area contributed by atoms with E-state index in [4.69, 9.17) is 0 Å². The summed E-state index contributed by atoms with van der Waals surface area (Å²) in [6.45, 7) is 5.67. The van der Waals surface area contributed by atoms with Crippen LogP contribution in [0.4, 0.5) is 0 Å². The Kier molecular flexibility index (Phi) is 3.91. The summed E-state index contributed by atoms with van der Waals surface area (Å²) in [5.74, 6) is 0. The summed E-state index contributed by atoms with van der Waals surface area (Å²) in [6, 6.07) is 6.66. The van der Waals surface area contributed by atoms with Crippen LogP contribution in [0.5, 0.6) is 0 Å². The lowest BCUT2D eigenvalue weighted by Gasteiger charge is -2.22. The van der Waals surface area contributed by atoms with Crippen LogP contribution in [0.2, 0.25) is 0 Å². The van der Waals surface area contributed by atoms with Crippen molar-refractivity contribution < 1.29 is 13.5 Å². The van der Waals surface area contributed by atoms with Crippen LogP contribution in [-0.4, -0.2) is 35.5 Å². The lowest BCUT2D eigenvalue weighted by Crippen LogP contribution is -2.29. The molecule has 0 bridgehead atoms. The van der Waals surface area contributed by atoms with E-state index in [9.17, 15) is 13.5 Å². The average Bonchev–Trinajstić information content (AvgIpc) is 3.17. The molecule has 1 aromatic carbocycles. The fourth-order valence-electron chi connectivity index (χ4n) is 3.86. The van der Waals surface area contributed by atoms with Crippen LogP contribution in [0.3, 0.4) is 0 Å². The van der Waals surface area contributed by atoms with Crippen molar-refractivity contribution in [3.63, 3.8) is 0 Å². The number of aryl methyl sites for hydroxylation is 1. The number of hydrogen-bond acceptors (Lipinski definition) is 3. The Balaban J connectivity index is 1.95. The van der Waals surface area contributed by atoms with Gasteiger partial charge in [-0.25, -0.2) is 8.42 Å². The molecule has 0 radical (unpaired) electrons. The van der Waals surface area contributed by atoms with Gasteiger partial charge in [0, 0.05) is 0 Å². The number of allylic oxidation sites excluding steroid dienone is 1. The molecule has 1 saturated carbocycles. The monoisotopic (exact) mass is 321 g/mol. The fraction of sp³-hybridized carbons (Fsp3) is 0.529. The van der Waals surface area contributed by atoms with Gasteiger partial charge in [-0.2, -0.15) is 4.31 Å². The zero-order valence-corrected chi connectivity index (χ0v) is 13.7. The minimum Gasteiger partial charge on any atom is -0.391 e. The SMILES string of the molecule is C=CCC[C@]12CCC[C@@H](O)[C@H]1N2S(=O)(=O)c1ccc(C)cc1. The van der Waals surface area contributed by atoms with E-state index in [-0.39, 0.29) is 6.04 Å². The molecule has 1 aliphatic heterocycles. The van der Waals surface area contributed by atoms with E-state index in [1.807, 2.05) is 25.1 Å². The molecule has 1 aliphatic carbocycles. The molecule has 4 atom stereocenters. The number of rotatable bonds is 5. The third-order valence-electron chi connectivity index (χ3n) is 5.01. The number of nitrogens with zero attached hydrogens (tertiary/aromatic N) is 1. The first kappa shape index (κ1) is 15.7. The fourth-order valence-corrected chi connectivity index (χ4v) is 5.93. The van der Waals surface area contributed by atoms with Crippen molar-refractivity contribution in [3.8, 4) is 0 Å². The molecule has 5 heteroatoms. The van der Waals surface area contributed by atoms with E-state index in [2.05, 4.69) is 6.58 Å². The van der Waals surface area contributed by atoms with Crippen molar-refractivity contribution in [2.75, 3.05) is 0 Å². The lowest BCUT2D eigenvalue weighted by molar-refractivity contribution is 0.132. The van der Waals surface area contributed by atoms with Gasteiger partial charge in [0.1, 0.15) is 0 Å². The molecule has 1 aromatic rings. The van der Waals surface area contributed by atoms with Crippen LogP contribution < -0.4 is 0 Å². The van der Waals surface area contributed by atoms with Gasteiger partial charge >= 0.3 is 0 Å². The molecule has 120 valence electrons. The Labute approximate surface area is 132 Å². The van der Waals surface area contributed by atoms with Crippen LogP contribution in [0, 0.1) is 6.92 Å². The Bertz CT molecular complexity index is 668. The smallest absolute Gasteiger partial charge is 0.244 e. The molecule has 4 nitrogen and oxygen atoms in total. The van der Waals surface area contributed by atoms with Gasteiger partial charge in [-0.15, -0.1) is 6.58 Å². The van der Waals surface area contributed by atoms with Gasteiger partial charge < -0.3 is 5.11 Å². The van der Waals surface area contributed by atoms with E-state index < -0.39 is 21.7 Å². The highest BCUT2D eigenvalue weighted by molar-refractivity contribution is 7.89. The number of fused-ring (bicyclic) bond motifs is 1. The maximum Gasteiger partial charge on any atom is 0.244 e. The highest BCUT2D eigenvalue weighted by Crippen LogP contribution is 2.56. The molecule has 1 saturated heterocycles. The molecule has 2 fully saturated rings. The minimum absolute atomic E-state index is 0.271. The number of hydrogen-bond donors (Lipinski definition) is 1. The number of sulfonamides is 1. The van der Waals surface area contributed by atoms with E-state index in [0.717, 1.165) is 31.2 Å². The van der Waals surface area contributed by atoms with Crippen molar-refractivity contribution in [1.82, 2.24) is 4.31 Å². The number of aliphatic hydroxyl groups excluding tert-OH is 1. The molecular weight excluding hydrogens is 298 g/mol. The van der Waals surface area contributed by atoms with Crippen LogP contribution in [0.25, 0.3) is 0 Å². The Morgan fingerprint density at radius 3 is 2.73 bits per heavy atom. The van der Waals surface area contributed by atoms with Crippen LogP contribution in [0.1, 0.15) is 37.7 Å². The maximum absolute atomic E-state index is 13.0. The van der Waals surface area contributed by atoms with Gasteiger partial charge in [0.2, 0.25) is 10.0 Å². The standard InChI is InChI=1S/C17H23NO3S/c1-3-4-11-17-12-5-6-15(19)16(17)18(17)22(20,21)14-9-7-13(2)8-10-14/h3,7-10,15-16,19H,1,4-6,11-12H2,2H3/t15-,16-,17+,18?/m1/s1. The molecule has 1 heterocycles. The van der Waals surface area contributed by atoms with Crippen LogP contribution >= 0.6 is 0 Å². The zero-order valence-electron chi connectivity index (χ0n) is 12.9. The van der Waals surface area contributed by atoms with E-state index >= 15 is 0 Å². The molecule has 1 N–H and O–H groups in total. The zero-order chi connectivity index (χ0) is 16.0. The summed E-state index contributed by atoms with van der Waals surface area (Å²) in [4.78, 5) is 0.317. The summed E-state index contributed by atoms with van der Waals surface area (Å²) in [5, 5.41) is 10.3. The number of aliphatic hydroxyl groups is 1. The molecule has 0 spiro atoms. The van der Waals surface area contributed by atoms with Crippen molar-refractivity contribution in [3.05, 3.63) is 42.5 Å². The Morgan fingerprint density at radius 2 is 2.09 bits per heavy atom. The molecular formula is C17H23NO3S. The summed E-state index contributed by atoms with van der Waals surface area (Å²) in [5.41, 5.74) is 0.624. The highest BCUT2D eigenvalue weighted by atomic mass is 32.2. The molecule has 0 aromatic heterocycles. The predicted octanol–water partition coefficient (Wildman–Crippen LogP) is 2.62. The van der Waals surface area contributed by atoms with E-state index in [0.29, 0.717) is 11.3 Å². The molecule has 0 amide bonds. The van der Waals surface area contributed by atoms with Crippen molar-refractivity contribution in [2.45, 2.75) is 61.6 Å². The molecule has 22 heavy (non-hydrogen) atoms. The first-order valence-corrected chi connectivity index (χ1v) is 9.28.